The lowest BCUT2D eigenvalue weighted by molar-refractivity contribution is 0.0697. The first-order valence-corrected chi connectivity index (χ1v) is 5.48. The van der Waals surface area contributed by atoms with Gasteiger partial charge in [-0.05, 0) is 18.2 Å². The second kappa shape index (κ2) is 6.91. The van der Waals surface area contributed by atoms with Gasteiger partial charge < -0.3 is 20.5 Å². The second-order valence-corrected chi connectivity index (χ2v) is 3.55. The Balaban J connectivity index is 2.80. The minimum atomic E-state index is -1.15. The number of urea groups is 1. The Labute approximate surface area is 110 Å². The molecule has 0 aromatic heterocycles. The molecule has 1 aromatic rings. The van der Waals surface area contributed by atoms with Gasteiger partial charge in [-0.2, -0.15) is 0 Å². The van der Waals surface area contributed by atoms with Gasteiger partial charge in [0, 0.05) is 13.0 Å². The molecular weight excluding hydrogens is 248 g/mol. The molecule has 6 nitrogen and oxygen atoms in total. The average molecular weight is 262 g/mol. The van der Waals surface area contributed by atoms with Crippen molar-refractivity contribution in [1.82, 2.24) is 5.32 Å². The van der Waals surface area contributed by atoms with Gasteiger partial charge in [0.2, 0.25) is 0 Å². The normalized spacial score (nSPS) is 9.26. The number of hydrogen-bond donors (Lipinski definition) is 3. The molecule has 100 valence electrons. The Kier molecular flexibility index (Phi) is 5.23. The van der Waals surface area contributed by atoms with Crippen molar-refractivity contribution in [3.8, 4) is 18.1 Å². The molecule has 1 rings (SSSR count). The highest BCUT2D eigenvalue weighted by Crippen LogP contribution is 2.21. The molecule has 19 heavy (non-hydrogen) atoms. The molecule has 0 heterocycles. The van der Waals surface area contributed by atoms with Gasteiger partial charge in [0.15, 0.2) is 0 Å². The van der Waals surface area contributed by atoms with Crippen molar-refractivity contribution in [2.24, 2.45) is 0 Å². The molecule has 3 N–H and O–H groups in total. The van der Waals surface area contributed by atoms with Crippen LogP contribution in [0.2, 0.25) is 0 Å². The van der Waals surface area contributed by atoms with Gasteiger partial charge >= 0.3 is 12.0 Å². The van der Waals surface area contributed by atoms with Crippen LogP contribution in [0.15, 0.2) is 18.2 Å². The summed E-state index contributed by atoms with van der Waals surface area (Å²) in [5, 5.41) is 14.0. The van der Waals surface area contributed by atoms with Gasteiger partial charge in [-0.3, -0.25) is 0 Å². The predicted octanol–water partition coefficient (Wildman–Crippen LogP) is 1.54. The zero-order chi connectivity index (χ0) is 14.3. The summed E-state index contributed by atoms with van der Waals surface area (Å²) in [5.41, 5.74) is 0.137. The van der Waals surface area contributed by atoms with Crippen LogP contribution in [0.3, 0.4) is 0 Å². The fourth-order valence-electron chi connectivity index (χ4n) is 1.35. The lowest BCUT2D eigenvalue weighted by Gasteiger charge is -2.10. The molecule has 0 spiro atoms. The number of anilines is 1. The Morgan fingerprint density at radius 1 is 1.47 bits per heavy atom. The quantitative estimate of drug-likeness (QED) is 0.555. The molecule has 1 aromatic carbocycles. The van der Waals surface area contributed by atoms with E-state index < -0.39 is 12.0 Å². The summed E-state index contributed by atoms with van der Waals surface area (Å²) in [6.45, 7) is 0.320. The van der Waals surface area contributed by atoms with E-state index in [4.69, 9.17) is 16.3 Å². The molecular formula is C13H14N2O4. The van der Waals surface area contributed by atoms with Gasteiger partial charge in [0.25, 0.3) is 0 Å². The standard InChI is InChI=1S/C13H14N2O4/c1-3-4-7-14-13(18)15-11-6-5-9(19-2)8-10(11)12(16)17/h1,5-6,8H,4,7H2,2H3,(H,16,17)(H2,14,15,18). The Morgan fingerprint density at radius 2 is 2.21 bits per heavy atom. The number of amides is 2. The van der Waals surface area contributed by atoms with E-state index >= 15 is 0 Å². The number of carbonyl (C=O) groups is 2. The summed E-state index contributed by atoms with van der Waals surface area (Å²) in [4.78, 5) is 22.6. The molecule has 6 heteroatoms. The van der Waals surface area contributed by atoms with Crippen LogP contribution in [-0.4, -0.2) is 30.8 Å². The monoisotopic (exact) mass is 262 g/mol. The molecule has 0 aliphatic rings. The highest BCUT2D eigenvalue weighted by atomic mass is 16.5. The maximum Gasteiger partial charge on any atom is 0.337 e. The van der Waals surface area contributed by atoms with E-state index in [1.807, 2.05) is 0 Å². The van der Waals surface area contributed by atoms with Crippen LogP contribution in [0, 0.1) is 12.3 Å². The highest BCUT2D eigenvalue weighted by Gasteiger charge is 2.13. The SMILES string of the molecule is C#CCCNC(=O)Nc1ccc(OC)cc1C(=O)O. The molecule has 0 aliphatic heterocycles. The molecule has 0 atom stereocenters. The third kappa shape index (κ3) is 4.24. The number of carboxylic acid groups (broad SMARTS) is 1. The summed E-state index contributed by atoms with van der Waals surface area (Å²) < 4.78 is 4.93. The van der Waals surface area contributed by atoms with E-state index in [1.165, 1.54) is 19.2 Å². The second-order valence-electron chi connectivity index (χ2n) is 3.55. The molecule has 0 saturated carbocycles. The van der Waals surface area contributed by atoms with E-state index in [0.717, 1.165) is 0 Å². The van der Waals surface area contributed by atoms with Crippen LogP contribution in [0.5, 0.6) is 5.75 Å². The van der Waals surface area contributed by atoms with Crippen molar-refractivity contribution in [2.75, 3.05) is 19.0 Å². The molecule has 0 saturated heterocycles. The molecule has 0 bridgehead atoms. The maximum atomic E-state index is 11.5. The third-order valence-electron chi connectivity index (χ3n) is 2.26. The van der Waals surface area contributed by atoms with Crippen molar-refractivity contribution >= 4 is 17.7 Å². The number of methoxy groups -OCH3 is 1. The Hall–Kier alpha value is -2.68. The van der Waals surface area contributed by atoms with Crippen LogP contribution in [0.4, 0.5) is 10.5 Å². The van der Waals surface area contributed by atoms with E-state index in [9.17, 15) is 9.59 Å². The summed E-state index contributed by atoms with van der Waals surface area (Å²) in [6, 6.07) is 3.84. The fraction of sp³-hybridized carbons (Fsp3) is 0.231. The minimum Gasteiger partial charge on any atom is -0.497 e. The van der Waals surface area contributed by atoms with Crippen LogP contribution >= 0.6 is 0 Å². The van der Waals surface area contributed by atoms with Gasteiger partial charge in [-0.1, -0.05) is 0 Å². The molecule has 0 unspecified atom stereocenters. The summed E-state index contributed by atoms with van der Waals surface area (Å²) in [7, 11) is 1.43. The number of hydrogen-bond acceptors (Lipinski definition) is 3. The smallest absolute Gasteiger partial charge is 0.337 e. The zero-order valence-corrected chi connectivity index (χ0v) is 10.4. The first kappa shape index (κ1) is 14.4. The summed E-state index contributed by atoms with van der Waals surface area (Å²) in [6.07, 6.45) is 5.45. The lowest BCUT2D eigenvalue weighted by Crippen LogP contribution is -2.30. The molecule has 0 radical (unpaired) electrons. The number of rotatable bonds is 5. The van der Waals surface area contributed by atoms with Crippen LogP contribution in [0.25, 0.3) is 0 Å². The van der Waals surface area contributed by atoms with Crippen LogP contribution in [0.1, 0.15) is 16.8 Å². The molecule has 0 aliphatic carbocycles. The van der Waals surface area contributed by atoms with E-state index in [0.29, 0.717) is 18.7 Å². The first-order chi connectivity index (χ1) is 9.08. The molecule has 2 amide bonds. The Bertz CT molecular complexity index is 520. The number of benzene rings is 1. The highest BCUT2D eigenvalue weighted by molar-refractivity contribution is 6.00. The average Bonchev–Trinajstić information content (AvgIpc) is 2.39. The predicted molar refractivity (Wildman–Crippen MR) is 70.4 cm³/mol. The lowest BCUT2D eigenvalue weighted by atomic mass is 10.1. The Morgan fingerprint density at radius 3 is 2.79 bits per heavy atom. The van der Waals surface area contributed by atoms with Crippen molar-refractivity contribution < 1.29 is 19.4 Å². The summed E-state index contributed by atoms with van der Waals surface area (Å²) in [5.74, 6) is 1.62. The fourth-order valence-corrected chi connectivity index (χ4v) is 1.35. The van der Waals surface area contributed by atoms with Crippen molar-refractivity contribution in [2.45, 2.75) is 6.42 Å². The number of carbonyl (C=O) groups excluding carboxylic acids is 1. The van der Waals surface area contributed by atoms with E-state index in [2.05, 4.69) is 16.6 Å². The number of ether oxygens (including phenoxy) is 1. The van der Waals surface area contributed by atoms with Crippen molar-refractivity contribution in [1.29, 1.82) is 0 Å². The van der Waals surface area contributed by atoms with Crippen LogP contribution < -0.4 is 15.4 Å². The van der Waals surface area contributed by atoms with Crippen LogP contribution in [-0.2, 0) is 0 Å². The number of aromatic carboxylic acids is 1. The topological polar surface area (TPSA) is 87.7 Å². The van der Waals surface area contributed by atoms with Crippen molar-refractivity contribution in [3.05, 3.63) is 23.8 Å². The van der Waals surface area contributed by atoms with E-state index in [-0.39, 0.29) is 11.3 Å². The minimum absolute atomic E-state index is 0.0496. The third-order valence-corrected chi connectivity index (χ3v) is 2.26. The number of nitrogens with one attached hydrogen (secondary N) is 2. The van der Waals surface area contributed by atoms with Crippen molar-refractivity contribution in [3.63, 3.8) is 0 Å². The zero-order valence-electron chi connectivity index (χ0n) is 10.4. The summed E-state index contributed by atoms with van der Waals surface area (Å²) >= 11 is 0. The number of carboxylic acids is 1. The first-order valence-electron chi connectivity index (χ1n) is 5.48. The van der Waals surface area contributed by atoms with E-state index in [1.54, 1.807) is 6.07 Å². The van der Waals surface area contributed by atoms with Gasteiger partial charge in [-0.25, -0.2) is 9.59 Å². The maximum absolute atomic E-state index is 11.5. The van der Waals surface area contributed by atoms with Gasteiger partial charge in [-0.15, -0.1) is 12.3 Å². The largest absolute Gasteiger partial charge is 0.497 e. The molecule has 0 fully saturated rings. The van der Waals surface area contributed by atoms with Gasteiger partial charge in [0.1, 0.15) is 5.75 Å². The number of terminal acetylenes is 1. The van der Waals surface area contributed by atoms with Gasteiger partial charge in [0.05, 0.1) is 18.4 Å².